The molecule has 0 aliphatic carbocycles. The molecule has 2 fully saturated rings. The predicted molar refractivity (Wildman–Crippen MR) is 89.1 cm³/mol. The van der Waals surface area contributed by atoms with Gasteiger partial charge in [-0.05, 0) is 49.9 Å². The normalized spacial score (nSPS) is 28.4. The van der Waals surface area contributed by atoms with E-state index in [1.807, 2.05) is 25.3 Å². The molecule has 0 radical (unpaired) electrons. The number of methoxy groups -OCH3 is 1. The fourth-order valence-corrected chi connectivity index (χ4v) is 4.27. The second-order valence-electron chi connectivity index (χ2n) is 6.53. The first-order chi connectivity index (χ1) is 10.7. The first-order valence-electron chi connectivity index (χ1n) is 8.06. The van der Waals surface area contributed by atoms with E-state index in [-0.39, 0.29) is 0 Å². The van der Waals surface area contributed by atoms with Gasteiger partial charge in [0.1, 0.15) is 0 Å². The highest BCUT2D eigenvalue weighted by Crippen LogP contribution is 2.37. The monoisotopic (exact) mass is 316 g/mol. The predicted octanol–water partition coefficient (Wildman–Crippen LogP) is 4.03. The topological polar surface area (TPSA) is 25.4 Å². The largest absolute Gasteiger partial charge is 0.381 e. The van der Waals surface area contributed by atoms with Gasteiger partial charge in [-0.3, -0.25) is 9.88 Å². The SMILES string of the molecule is COC1C[C@H]2CC[C@@H](C1)N2Cc1ccc2cc(Cl)ccc2n1. The maximum atomic E-state index is 6.04. The Kier molecular flexibility index (Phi) is 3.81. The van der Waals surface area contributed by atoms with Crippen molar-refractivity contribution in [1.82, 2.24) is 9.88 Å². The van der Waals surface area contributed by atoms with E-state index in [1.54, 1.807) is 0 Å². The van der Waals surface area contributed by atoms with Crippen molar-refractivity contribution >= 4 is 22.5 Å². The molecule has 1 aromatic carbocycles. The summed E-state index contributed by atoms with van der Waals surface area (Å²) in [4.78, 5) is 7.45. The summed E-state index contributed by atoms with van der Waals surface area (Å²) in [6, 6.07) is 11.5. The molecule has 0 amide bonds. The third-order valence-corrected chi connectivity index (χ3v) is 5.46. The molecule has 0 spiro atoms. The first-order valence-corrected chi connectivity index (χ1v) is 8.44. The highest BCUT2D eigenvalue weighted by Gasteiger charge is 2.40. The van der Waals surface area contributed by atoms with Gasteiger partial charge in [0.25, 0.3) is 0 Å². The minimum absolute atomic E-state index is 0.445. The first kappa shape index (κ1) is 14.4. The Morgan fingerprint density at radius 2 is 1.95 bits per heavy atom. The Morgan fingerprint density at radius 1 is 1.18 bits per heavy atom. The van der Waals surface area contributed by atoms with Gasteiger partial charge in [0.05, 0.1) is 17.3 Å². The number of hydrogen-bond acceptors (Lipinski definition) is 3. The van der Waals surface area contributed by atoms with Crippen LogP contribution in [0, 0.1) is 0 Å². The number of rotatable bonds is 3. The quantitative estimate of drug-likeness (QED) is 0.855. The van der Waals surface area contributed by atoms with Crippen LogP contribution in [0.1, 0.15) is 31.4 Å². The van der Waals surface area contributed by atoms with Crippen LogP contribution in [0.4, 0.5) is 0 Å². The molecule has 4 heteroatoms. The Labute approximate surface area is 136 Å². The lowest BCUT2D eigenvalue weighted by Crippen LogP contribution is -2.44. The summed E-state index contributed by atoms with van der Waals surface area (Å²) in [5.41, 5.74) is 2.18. The summed E-state index contributed by atoms with van der Waals surface area (Å²) >= 11 is 6.04. The number of benzene rings is 1. The lowest BCUT2D eigenvalue weighted by atomic mass is 9.99. The molecule has 2 aliphatic rings. The van der Waals surface area contributed by atoms with Crippen molar-refractivity contribution in [3.8, 4) is 0 Å². The van der Waals surface area contributed by atoms with Crippen LogP contribution < -0.4 is 0 Å². The van der Waals surface area contributed by atoms with E-state index in [4.69, 9.17) is 21.3 Å². The summed E-state index contributed by atoms with van der Waals surface area (Å²) in [6.45, 7) is 0.949. The van der Waals surface area contributed by atoms with Gasteiger partial charge >= 0.3 is 0 Å². The number of nitrogens with zero attached hydrogens (tertiary/aromatic N) is 2. The van der Waals surface area contributed by atoms with Crippen molar-refractivity contribution in [1.29, 1.82) is 0 Å². The van der Waals surface area contributed by atoms with E-state index in [2.05, 4.69) is 17.0 Å². The summed E-state index contributed by atoms with van der Waals surface area (Å²) < 4.78 is 5.58. The molecule has 2 bridgehead atoms. The number of halogens is 1. The molecule has 0 saturated carbocycles. The maximum Gasteiger partial charge on any atom is 0.0706 e. The molecule has 3 heterocycles. The number of pyridine rings is 1. The van der Waals surface area contributed by atoms with Crippen LogP contribution in [-0.2, 0) is 11.3 Å². The standard InChI is InChI=1S/C18H21ClN2O/c1-22-17-9-15-5-6-16(10-17)21(15)11-14-4-2-12-8-13(19)3-7-18(12)20-14/h2-4,7-8,15-17H,5-6,9-11H2,1H3/t15-,16+,17?. The van der Waals surface area contributed by atoms with Crippen molar-refractivity contribution in [3.05, 3.63) is 41.0 Å². The van der Waals surface area contributed by atoms with Crippen molar-refractivity contribution in [2.45, 2.75) is 50.4 Å². The van der Waals surface area contributed by atoms with Crippen molar-refractivity contribution in [3.63, 3.8) is 0 Å². The molecule has 0 N–H and O–H groups in total. The van der Waals surface area contributed by atoms with Gasteiger partial charge in [0.2, 0.25) is 0 Å². The molecule has 22 heavy (non-hydrogen) atoms. The number of ether oxygens (including phenoxy) is 1. The molecular weight excluding hydrogens is 296 g/mol. The number of aromatic nitrogens is 1. The van der Waals surface area contributed by atoms with Crippen molar-refractivity contribution < 1.29 is 4.74 Å². The van der Waals surface area contributed by atoms with E-state index in [0.717, 1.165) is 41.0 Å². The van der Waals surface area contributed by atoms with Crippen LogP contribution in [0.2, 0.25) is 5.02 Å². The molecular formula is C18H21ClN2O. The van der Waals surface area contributed by atoms with Crippen LogP contribution in [0.3, 0.4) is 0 Å². The average Bonchev–Trinajstić information content (AvgIpc) is 2.76. The van der Waals surface area contributed by atoms with E-state index < -0.39 is 0 Å². The molecule has 2 aromatic rings. The lowest BCUT2D eigenvalue weighted by Gasteiger charge is -2.38. The van der Waals surface area contributed by atoms with Crippen LogP contribution in [0.15, 0.2) is 30.3 Å². The van der Waals surface area contributed by atoms with Crippen LogP contribution >= 0.6 is 11.6 Å². The second-order valence-corrected chi connectivity index (χ2v) is 6.96. The average molecular weight is 317 g/mol. The molecule has 4 rings (SSSR count). The van der Waals surface area contributed by atoms with Gasteiger partial charge in [0, 0.05) is 36.1 Å². The van der Waals surface area contributed by atoms with Gasteiger partial charge in [0.15, 0.2) is 0 Å². The van der Waals surface area contributed by atoms with Gasteiger partial charge < -0.3 is 4.74 Å². The van der Waals surface area contributed by atoms with Gasteiger partial charge in [-0.25, -0.2) is 0 Å². The minimum atomic E-state index is 0.445. The molecule has 1 aromatic heterocycles. The zero-order valence-electron chi connectivity index (χ0n) is 12.8. The lowest BCUT2D eigenvalue weighted by molar-refractivity contribution is 0.00209. The highest BCUT2D eigenvalue weighted by atomic mass is 35.5. The Balaban J connectivity index is 1.55. The van der Waals surface area contributed by atoms with E-state index >= 15 is 0 Å². The second kappa shape index (κ2) is 5.80. The molecule has 3 nitrogen and oxygen atoms in total. The van der Waals surface area contributed by atoms with Crippen molar-refractivity contribution in [2.24, 2.45) is 0 Å². The zero-order valence-corrected chi connectivity index (χ0v) is 13.6. The Bertz CT molecular complexity index is 676. The summed E-state index contributed by atoms with van der Waals surface area (Å²) in [5, 5.41) is 1.87. The molecule has 3 atom stereocenters. The van der Waals surface area contributed by atoms with Crippen LogP contribution in [0.5, 0.6) is 0 Å². The highest BCUT2D eigenvalue weighted by molar-refractivity contribution is 6.31. The van der Waals surface area contributed by atoms with Gasteiger partial charge in [-0.15, -0.1) is 0 Å². The Morgan fingerprint density at radius 3 is 2.68 bits per heavy atom. The third-order valence-electron chi connectivity index (χ3n) is 5.23. The minimum Gasteiger partial charge on any atom is -0.381 e. The number of piperidine rings is 1. The number of fused-ring (bicyclic) bond motifs is 3. The summed E-state index contributed by atoms with van der Waals surface area (Å²) in [7, 11) is 1.84. The summed E-state index contributed by atoms with van der Waals surface area (Å²) in [6.07, 6.45) is 5.37. The fourth-order valence-electron chi connectivity index (χ4n) is 4.09. The van der Waals surface area contributed by atoms with E-state index in [9.17, 15) is 0 Å². The van der Waals surface area contributed by atoms with Crippen LogP contribution in [0.25, 0.3) is 10.9 Å². The maximum absolute atomic E-state index is 6.04. The number of hydrogen-bond donors (Lipinski definition) is 0. The summed E-state index contributed by atoms with van der Waals surface area (Å²) in [5.74, 6) is 0. The molecule has 2 aliphatic heterocycles. The third kappa shape index (κ3) is 2.62. The van der Waals surface area contributed by atoms with Gasteiger partial charge in [-0.2, -0.15) is 0 Å². The van der Waals surface area contributed by atoms with E-state index in [1.165, 1.54) is 12.8 Å². The van der Waals surface area contributed by atoms with Gasteiger partial charge in [-0.1, -0.05) is 17.7 Å². The molecule has 1 unspecified atom stereocenters. The van der Waals surface area contributed by atoms with Crippen LogP contribution in [-0.4, -0.2) is 35.2 Å². The molecule has 116 valence electrons. The van der Waals surface area contributed by atoms with Crippen molar-refractivity contribution in [2.75, 3.05) is 7.11 Å². The smallest absolute Gasteiger partial charge is 0.0706 e. The molecule has 2 saturated heterocycles. The zero-order chi connectivity index (χ0) is 15.1. The van der Waals surface area contributed by atoms with E-state index in [0.29, 0.717) is 18.2 Å². The fraction of sp³-hybridized carbons (Fsp3) is 0.500. The Hall–Kier alpha value is -1.16.